The van der Waals surface area contributed by atoms with Gasteiger partial charge in [-0.1, -0.05) is 34.6 Å². The first-order chi connectivity index (χ1) is 22.9. The number of hydrogen-bond acceptors (Lipinski definition) is 13. The van der Waals surface area contributed by atoms with Crippen molar-refractivity contribution in [3.63, 3.8) is 0 Å². The third kappa shape index (κ3) is 7.06. The van der Waals surface area contributed by atoms with Gasteiger partial charge in [-0.05, 0) is 80.9 Å². The van der Waals surface area contributed by atoms with Crippen molar-refractivity contribution in [2.24, 2.45) is 17.3 Å². The van der Waals surface area contributed by atoms with Crippen LogP contribution in [0.3, 0.4) is 0 Å². The highest BCUT2D eigenvalue weighted by molar-refractivity contribution is 8.76. The Morgan fingerprint density at radius 2 is 1.90 bits per heavy atom. The van der Waals surface area contributed by atoms with Crippen LogP contribution >= 0.6 is 21.6 Å². The number of carbonyl (C=O) groups excluding carboxylic acids is 1. The summed E-state index contributed by atoms with van der Waals surface area (Å²) in [5.41, 5.74) is -1.34. The predicted octanol–water partition coefficient (Wildman–Crippen LogP) is 3.89. The van der Waals surface area contributed by atoms with Gasteiger partial charge in [-0.15, -0.1) is 0 Å². The third-order valence-electron chi connectivity index (χ3n) is 10.4. The minimum Gasteiger partial charge on any atom is -0.506 e. The fraction of sp³-hybridized carbons (Fsp3) is 0.647. The molecule has 3 aliphatic heterocycles. The molecular formula is C34H46O12S2. The van der Waals surface area contributed by atoms with Crippen LogP contribution in [0.15, 0.2) is 18.2 Å². The van der Waals surface area contributed by atoms with Crippen molar-refractivity contribution in [3.05, 3.63) is 34.9 Å². The van der Waals surface area contributed by atoms with Crippen LogP contribution in [-0.2, 0) is 14.2 Å². The molecule has 48 heavy (non-hydrogen) atoms. The maximum atomic E-state index is 12.4. The lowest BCUT2D eigenvalue weighted by molar-refractivity contribution is -0.322. The molecule has 0 radical (unpaired) electrons. The number of aromatic hydroxyl groups is 1. The lowest BCUT2D eigenvalue weighted by Gasteiger charge is -2.51. The summed E-state index contributed by atoms with van der Waals surface area (Å²) in [6.45, 7) is 5.83. The predicted molar refractivity (Wildman–Crippen MR) is 181 cm³/mol. The Labute approximate surface area is 287 Å². The number of carbonyl (C=O) groups is 2. The molecular weight excluding hydrogens is 664 g/mol. The first kappa shape index (κ1) is 37.1. The van der Waals surface area contributed by atoms with E-state index in [4.69, 9.17) is 18.9 Å². The van der Waals surface area contributed by atoms with E-state index in [1.165, 1.54) is 23.8 Å². The van der Waals surface area contributed by atoms with Crippen LogP contribution in [-0.4, -0.2) is 111 Å². The zero-order chi connectivity index (χ0) is 34.8. The number of fused-ring (bicyclic) bond motifs is 2. The largest absolute Gasteiger partial charge is 0.506 e. The number of ketones is 1. The highest BCUT2D eigenvalue weighted by atomic mass is 33.1. The fourth-order valence-electron chi connectivity index (χ4n) is 7.93. The van der Waals surface area contributed by atoms with Crippen molar-refractivity contribution < 1.29 is 59.2 Å². The summed E-state index contributed by atoms with van der Waals surface area (Å²) in [5.74, 6) is -0.920. The first-order valence-corrected chi connectivity index (χ1v) is 18.8. The van der Waals surface area contributed by atoms with E-state index >= 15 is 0 Å². The van der Waals surface area contributed by atoms with E-state index in [0.29, 0.717) is 31.6 Å². The average Bonchev–Trinajstić information content (AvgIpc) is 3.07. The van der Waals surface area contributed by atoms with Crippen molar-refractivity contribution in [2.75, 3.05) is 38.1 Å². The Morgan fingerprint density at radius 3 is 2.58 bits per heavy atom. The molecule has 2 aromatic carbocycles. The van der Waals surface area contributed by atoms with Gasteiger partial charge < -0.3 is 49.6 Å². The Balaban J connectivity index is 1.47. The standard InChI is InChI=1S/C34H46O12S2/c1-18-5-8-34(44-17-48-47-16-33(7-4-9-35)15-43-10-6-23(18)33)25(14-36)46-32(29(39)30(34)40)45-24-13-22(31(41)42)12-21-11-19(2)26(20(3)37)28(38)27(21)24/h11-13,18,23,25,29-30,32,35-36,38-40H,4-10,14-17H2,1-3H3,(H,41,42)/t18-,23-,25+,29+,30+,32+,33+,34+/m0/s1. The van der Waals surface area contributed by atoms with E-state index in [1.807, 2.05) is 0 Å². The molecule has 0 bridgehead atoms. The first-order valence-electron chi connectivity index (χ1n) is 16.3. The number of phenolic OH excluding ortho intramolecular Hbond substituents is 1. The number of benzene rings is 2. The van der Waals surface area contributed by atoms with E-state index in [0.717, 1.165) is 24.7 Å². The van der Waals surface area contributed by atoms with Crippen LogP contribution in [0.5, 0.6) is 11.5 Å². The zero-order valence-electron chi connectivity index (χ0n) is 27.4. The number of aryl methyl sites for hydroxylation is 1. The van der Waals surface area contributed by atoms with Crippen molar-refractivity contribution >= 4 is 44.1 Å². The molecule has 6 N–H and O–H groups in total. The van der Waals surface area contributed by atoms with Gasteiger partial charge in [-0.2, -0.15) is 0 Å². The second-order valence-corrected chi connectivity index (χ2v) is 15.7. The highest BCUT2D eigenvalue weighted by Crippen LogP contribution is 2.50. The second kappa shape index (κ2) is 15.4. The van der Waals surface area contributed by atoms with Gasteiger partial charge >= 0.3 is 5.97 Å². The van der Waals surface area contributed by atoms with Gasteiger partial charge in [0.15, 0.2) is 5.78 Å². The molecule has 3 saturated heterocycles. The van der Waals surface area contributed by atoms with Gasteiger partial charge in [0.1, 0.15) is 41.4 Å². The number of aromatic carboxylic acids is 1. The second-order valence-electron chi connectivity index (χ2n) is 13.3. The van der Waals surface area contributed by atoms with Crippen LogP contribution in [0.25, 0.3) is 10.8 Å². The summed E-state index contributed by atoms with van der Waals surface area (Å²) in [5, 5.41) is 64.9. The van der Waals surface area contributed by atoms with E-state index < -0.39 is 54.3 Å². The molecule has 266 valence electrons. The van der Waals surface area contributed by atoms with E-state index in [2.05, 4.69) is 6.92 Å². The monoisotopic (exact) mass is 710 g/mol. The van der Waals surface area contributed by atoms with Gasteiger partial charge in [0.25, 0.3) is 0 Å². The van der Waals surface area contributed by atoms with E-state index in [1.54, 1.807) is 23.8 Å². The van der Waals surface area contributed by atoms with E-state index in [9.17, 15) is 40.2 Å². The molecule has 0 saturated carbocycles. The molecule has 12 nitrogen and oxygen atoms in total. The molecule has 3 fully saturated rings. The molecule has 1 spiro atoms. The molecule has 3 heterocycles. The lowest BCUT2D eigenvalue weighted by Crippen LogP contribution is -2.69. The minimum atomic E-state index is -1.71. The highest BCUT2D eigenvalue weighted by Gasteiger charge is 2.58. The van der Waals surface area contributed by atoms with Crippen LogP contribution in [0.4, 0.5) is 0 Å². The maximum absolute atomic E-state index is 12.4. The molecule has 0 amide bonds. The van der Waals surface area contributed by atoms with E-state index in [-0.39, 0.29) is 63.9 Å². The van der Waals surface area contributed by atoms with Gasteiger partial charge in [-0.25, -0.2) is 4.79 Å². The Hall–Kier alpha value is -2.14. The molecule has 0 aliphatic carbocycles. The summed E-state index contributed by atoms with van der Waals surface area (Å²) in [6, 6.07) is 4.05. The Bertz CT molecular complexity index is 1480. The normalized spacial score (nSPS) is 33.1. The van der Waals surface area contributed by atoms with Gasteiger partial charge in [0, 0.05) is 24.4 Å². The number of phenols is 1. The Kier molecular flexibility index (Phi) is 11.9. The van der Waals surface area contributed by atoms with Crippen molar-refractivity contribution in [1.29, 1.82) is 0 Å². The van der Waals surface area contributed by atoms with Gasteiger partial charge in [0.2, 0.25) is 6.29 Å². The van der Waals surface area contributed by atoms with Crippen LogP contribution in [0.1, 0.15) is 72.2 Å². The number of Topliss-reactive ketones (excluding diaryl/α,β-unsaturated/α-hetero) is 1. The number of carboxylic acids is 1. The fourth-order valence-corrected chi connectivity index (χ4v) is 10.3. The Morgan fingerprint density at radius 1 is 1.12 bits per heavy atom. The molecule has 2 aromatic rings. The number of ether oxygens (including phenoxy) is 4. The molecule has 8 atom stereocenters. The molecule has 0 unspecified atom stereocenters. The zero-order valence-corrected chi connectivity index (χ0v) is 29.1. The summed E-state index contributed by atoms with van der Waals surface area (Å²) in [4.78, 5) is 24.4. The molecule has 14 heteroatoms. The van der Waals surface area contributed by atoms with Gasteiger partial charge in [-0.3, -0.25) is 4.79 Å². The summed E-state index contributed by atoms with van der Waals surface area (Å²) in [7, 11) is 3.08. The number of hydrogen-bond donors (Lipinski definition) is 6. The average molecular weight is 711 g/mol. The summed E-state index contributed by atoms with van der Waals surface area (Å²) >= 11 is 0. The smallest absolute Gasteiger partial charge is 0.335 e. The van der Waals surface area contributed by atoms with Gasteiger partial charge in [0.05, 0.1) is 29.7 Å². The maximum Gasteiger partial charge on any atom is 0.335 e. The SMILES string of the molecule is CC(=O)c1c(C)cc2cc(C(=O)O)cc(O[C@@H]3O[C@H](CO)[C@]4(CC[C@H](C)[C@@H]5CCOC[C@]5(CCCO)CSSCO4)[C@H](O)[C@H]3O)c2c1O. The number of aliphatic hydroxyl groups excluding tert-OH is 4. The topological polar surface area (TPSA) is 192 Å². The summed E-state index contributed by atoms with van der Waals surface area (Å²) in [6.07, 6.45) is -2.85. The van der Waals surface area contributed by atoms with Crippen molar-refractivity contribution in [2.45, 2.75) is 83.1 Å². The third-order valence-corrected chi connectivity index (χ3v) is 12.6. The number of carboxylic acid groups (broad SMARTS) is 1. The summed E-state index contributed by atoms with van der Waals surface area (Å²) < 4.78 is 24.5. The minimum absolute atomic E-state index is 0.0352. The molecule has 0 aromatic heterocycles. The van der Waals surface area contributed by atoms with Crippen molar-refractivity contribution in [3.8, 4) is 11.5 Å². The molecule has 5 rings (SSSR count). The number of aliphatic hydroxyl groups is 4. The quantitative estimate of drug-likeness (QED) is 0.171. The molecule has 3 aliphatic rings. The van der Waals surface area contributed by atoms with Crippen LogP contribution in [0.2, 0.25) is 0 Å². The van der Waals surface area contributed by atoms with Crippen LogP contribution in [0, 0.1) is 24.2 Å². The lowest BCUT2D eigenvalue weighted by atomic mass is 9.64. The number of rotatable bonds is 8. The van der Waals surface area contributed by atoms with Crippen molar-refractivity contribution in [1.82, 2.24) is 0 Å². The van der Waals surface area contributed by atoms with Crippen LogP contribution < -0.4 is 4.74 Å².